The van der Waals surface area contributed by atoms with Gasteiger partial charge in [0.05, 0.1) is 7.11 Å². The van der Waals surface area contributed by atoms with E-state index in [1.165, 1.54) is 30.9 Å². The third-order valence-corrected chi connectivity index (χ3v) is 5.33. The monoisotopic (exact) mass is 342 g/mol. The van der Waals surface area contributed by atoms with Crippen LogP contribution < -0.4 is 9.47 Å². The van der Waals surface area contributed by atoms with Crippen molar-refractivity contribution in [1.29, 1.82) is 0 Å². The number of ether oxygens (including phenoxy) is 2. The second kappa shape index (κ2) is 7.44. The minimum Gasteiger partial charge on any atom is -0.497 e. The van der Waals surface area contributed by atoms with Crippen LogP contribution in [0.4, 0.5) is 0 Å². The van der Waals surface area contributed by atoms with Gasteiger partial charge in [0.25, 0.3) is 0 Å². The maximum atomic E-state index is 5.84. The number of fused-ring (bicyclic) bond motifs is 1. The highest BCUT2D eigenvalue weighted by Gasteiger charge is 2.27. The summed E-state index contributed by atoms with van der Waals surface area (Å²) in [5, 5.41) is 8.82. The van der Waals surface area contributed by atoms with Gasteiger partial charge in [-0.1, -0.05) is 0 Å². The molecule has 2 aliphatic rings. The Labute approximate surface area is 148 Å². The van der Waals surface area contributed by atoms with Gasteiger partial charge in [0.2, 0.25) is 0 Å². The first kappa shape index (κ1) is 16.4. The number of benzene rings is 1. The number of methoxy groups -OCH3 is 1. The van der Waals surface area contributed by atoms with Gasteiger partial charge in [-0.05, 0) is 56.6 Å². The molecular weight excluding hydrogens is 316 g/mol. The molecule has 0 bridgehead atoms. The zero-order valence-corrected chi connectivity index (χ0v) is 14.9. The first-order chi connectivity index (χ1) is 12.3. The molecule has 134 valence electrons. The first-order valence-electron chi connectivity index (χ1n) is 9.24. The van der Waals surface area contributed by atoms with Crippen molar-refractivity contribution in [3.05, 3.63) is 35.9 Å². The van der Waals surface area contributed by atoms with E-state index in [2.05, 4.69) is 19.7 Å². The zero-order chi connectivity index (χ0) is 17.1. The topological polar surface area (TPSA) is 52.4 Å². The fourth-order valence-electron chi connectivity index (χ4n) is 3.85. The smallest absolute Gasteiger partial charge is 0.136 e. The third-order valence-electron chi connectivity index (χ3n) is 5.33. The number of hydrogen-bond donors (Lipinski definition) is 0. The van der Waals surface area contributed by atoms with Gasteiger partial charge in [-0.2, -0.15) is 0 Å². The summed E-state index contributed by atoms with van der Waals surface area (Å²) >= 11 is 0. The van der Waals surface area contributed by atoms with Gasteiger partial charge >= 0.3 is 0 Å². The van der Waals surface area contributed by atoms with Crippen LogP contribution in [-0.4, -0.2) is 53.0 Å². The highest BCUT2D eigenvalue weighted by atomic mass is 16.5. The lowest BCUT2D eigenvalue weighted by molar-refractivity contribution is 0.170. The van der Waals surface area contributed by atoms with E-state index in [4.69, 9.17) is 9.47 Å². The number of aromatic nitrogens is 3. The summed E-state index contributed by atoms with van der Waals surface area (Å²) in [6.45, 7) is 5.01. The van der Waals surface area contributed by atoms with E-state index in [1.807, 2.05) is 24.3 Å². The van der Waals surface area contributed by atoms with Crippen molar-refractivity contribution in [1.82, 2.24) is 19.7 Å². The molecule has 6 heteroatoms. The molecule has 25 heavy (non-hydrogen) atoms. The van der Waals surface area contributed by atoms with Crippen LogP contribution in [0.1, 0.15) is 36.8 Å². The number of rotatable bonds is 6. The molecule has 0 saturated carbocycles. The Balaban J connectivity index is 1.22. The molecule has 2 aromatic rings. The highest BCUT2D eigenvalue weighted by Crippen LogP contribution is 2.29. The predicted molar refractivity (Wildman–Crippen MR) is 95.2 cm³/mol. The minimum absolute atomic E-state index is 0.568. The quantitative estimate of drug-likeness (QED) is 0.807. The van der Waals surface area contributed by atoms with Crippen molar-refractivity contribution in [2.45, 2.75) is 38.1 Å². The van der Waals surface area contributed by atoms with Crippen LogP contribution >= 0.6 is 0 Å². The number of hydrogen-bond acceptors (Lipinski definition) is 5. The molecule has 2 aliphatic heterocycles. The second-order valence-corrected chi connectivity index (χ2v) is 6.87. The van der Waals surface area contributed by atoms with Crippen LogP contribution in [0, 0.1) is 0 Å². The molecule has 1 aromatic carbocycles. The van der Waals surface area contributed by atoms with E-state index >= 15 is 0 Å². The van der Waals surface area contributed by atoms with Gasteiger partial charge in [0.1, 0.15) is 29.8 Å². The first-order valence-corrected chi connectivity index (χ1v) is 9.24. The zero-order valence-electron chi connectivity index (χ0n) is 14.9. The summed E-state index contributed by atoms with van der Waals surface area (Å²) in [5.41, 5.74) is 0. The van der Waals surface area contributed by atoms with Gasteiger partial charge in [-0.3, -0.25) is 4.90 Å². The van der Waals surface area contributed by atoms with Crippen molar-refractivity contribution >= 4 is 0 Å². The molecule has 0 amide bonds. The van der Waals surface area contributed by atoms with Crippen LogP contribution in [0.5, 0.6) is 11.5 Å². The summed E-state index contributed by atoms with van der Waals surface area (Å²) in [7, 11) is 1.67. The van der Waals surface area contributed by atoms with Gasteiger partial charge in [-0.15, -0.1) is 10.2 Å². The van der Waals surface area contributed by atoms with Gasteiger partial charge in [0.15, 0.2) is 0 Å². The molecule has 1 saturated heterocycles. The number of aryl methyl sites for hydroxylation is 1. The van der Waals surface area contributed by atoms with E-state index in [1.54, 1.807) is 7.11 Å². The van der Waals surface area contributed by atoms with Crippen molar-refractivity contribution in [3.63, 3.8) is 0 Å². The summed E-state index contributed by atoms with van der Waals surface area (Å²) in [6.07, 6.45) is 4.65. The Morgan fingerprint density at radius 3 is 2.56 bits per heavy atom. The van der Waals surface area contributed by atoms with Crippen molar-refractivity contribution < 1.29 is 9.47 Å². The molecular formula is C19H26N4O2. The SMILES string of the molecule is COc1ccc(OCCN2CCC(c3nnc4n3CCC4)CC2)cc1. The fraction of sp³-hybridized carbons (Fsp3) is 0.579. The van der Waals surface area contributed by atoms with Crippen molar-refractivity contribution in [2.75, 3.05) is 33.4 Å². The van der Waals surface area contributed by atoms with E-state index in [9.17, 15) is 0 Å². The highest BCUT2D eigenvalue weighted by molar-refractivity contribution is 5.31. The Morgan fingerprint density at radius 2 is 1.80 bits per heavy atom. The molecule has 1 aromatic heterocycles. The summed E-state index contributed by atoms with van der Waals surface area (Å²) < 4.78 is 13.4. The van der Waals surface area contributed by atoms with E-state index < -0.39 is 0 Å². The molecule has 0 spiro atoms. The third kappa shape index (κ3) is 3.63. The summed E-state index contributed by atoms with van der Waals surface area (Å²) in [6, 6.07) is 7.77. The lowest BCUT2D eigenvalue weighted by atomic mass is 9.96. The van der Waals surface area contributed by atoms with E-state index in [-0.39, 0.29) is 0 Å². The van der Waals surface area contributed by atoms with E-state index in [0.717, 1.165) is 50.7 Å². The molecule has 6 nitrogen and oxygen atoms in total. The normalized spacial score (nSPS) is 18.3. The van der Waals surface area contributed by atoms with E-state index in [0.29, 0.717) is 5.92 Å². The molecule has 0 aliphatic carbocycles. The van der Waals surface area contributed by atoms with Crippen LogP contribution in [0.2, 0.25) is 0 Å². The summed E-state index contributed by atoms with van der Waals surface area (Å²) in [4.78, 5) is 2.49. The van der Waals surface area contributed by atoms with Crippen LogP contribution in [0.3, 0.4) is 0 Å². The van der Waals surface area contributed by atoms with Crippen LogP contribution in [0.25, 0.3) is 0 Å². The van der Waals surface area contributed by atoms with Gasteiger partial charge in [-0.25, -0.2) is 0 Å². The molecule has 0 radical (unpaired) electrons. The molecule has 0 unspecified atom stereocenters. The van der Waals surface area contributed by atoms with Crippen LogP contribution in [0.15, 0.2) is 24.3 Å². The fourth-order valence-corrected chi connectivity index (χ4v) is 3.85. The Morgan fingerprint density at radius 1 is 1.04 bits per heavy atom. The molecule has 0 atom stereocenters. The standard InChI is InChI=1S/C19H26N4O2/c1-24-16-4-6-17(7-5-16)25-14-13-22-11-8-15(9-12-22)19-21-20-18-3-2-10-23(18)19/h4-7,15H,2-3,8-14H2,1H3. The summed E-state index contributed by atoms with van der Waals surface area (Å²) in [5.74, 6) is 4.73. The Bertz CT molecular complexity index is 690. The van der Waals surface area contributed by atoms with Crippen molar-refractivity contribution in [3.8, 4) is 11.5 Å². The Hall–Kier alpha value is -2.08. The number of piperidine rings is 1. The molecule has 4 rings (SSSR count). The number of likely N-dealkylation sites (tertiary alicyclic amines) is 1. The average Bonchev–Trinajstić information content (AvgIpc) is 3.27. The largest absolute Gasteiger partial charge is 0.497 e. The van der Waals surface area contributed by atoms with Gasteiger partial charge < -0.3 is 14.0 Å². The maximum absolute atomic E-state index is 5.84. The molecule has 0 N–H and O–H groups in total. The lowest BCUT2D eigenvalue weighted by Gasteiger charge is -2.31. The van der Waals surface area contributed by atoms with Gasteiger partial charge in [0, 0.05) is 25.4 Å². The minimum atomic E-state index is 0.568. The van der Waals surface area contributed by atoms with Crippen molar-refractivity contribution in [2.24, 2.45) is 0 Å². The molecule has 1 fully saturated rings. The maximum Gasteiger partial charge on any atom is 0.136 e. The van der Waals surface area contributed by atoms with Crippen LogP contribution in [-0.2, 0) is 13.0 Å². The second-order valence-electron chi connectivity index (χ2n) is 6.87. The predicted octanol–water partition coefficient (Wildman–Crippen LogP) is 2.49. The molecule has 3 heterocycles. The average molecular weight is 342 g/mol. The lowest BCUT2D eigenvalue weighted by Crippen LogP contribution is -2.36. The number of nitrogens with zero attached hydrogens (tertiary/aromatic N) is 4. The Kier molecular flexibility index (Phi) is 4.88.